The summed E-state index contributed by atoms with van der Waals surface area (Å²) in [6.45, 7) is 7.02. The van der Waals surface area contributed by atoms with E-state index in [1.54, 1.807) is 14.2 Å². The number of ether oxygens (including phenoxy) is 2. The molecular weight excluding hydrogens is 328 g/mol. The van der Waals surface area contributed by atoms with Crippen molar-refractivity contribution in [3.8, 4) is 11.5 Å². The maximum Gasteiger partial charge on any atom is 0.319 e. The van der Waals surface area contributed by atoms with E-state index in [2.05, 4.69) is 31.4 Å². The molecule has 26 heavy (non-hydrogen) atoms. The van der Waals surface area contributed by atoms with Crippen LogP contribution in [0.2, 0.25) is 0 Å². The van der Waals surface area contributed by atoms with Crippen LogP contribution in [0.4, 0.5) is 10.5 Å². The van der Waals surface area contributed by atoms with Crippen molar-refractivity contribution >= 4 is 11.7 Å². The van der Waals surface area contributed by atoms with E-state index in [1.807, 2.05) is 42.5 Å². The number of carbonyl (C=O) groups excluding carboxylic acids is 1. The lowest BCUT2D eigenvalue weighted by molar-refractivity contribution is 0.252. The second-order valence-electron chi connectivity index (χ2n) is 7.15. The van der Waals surface area contributed by atoms with E-state index in [4.69, 9.17) is 9.47 Å². The Morgan fingerprint density at radius 2 is 1.62 bits per heavy atom. The Bertz CT molecular complexity index is 734. The standard InChI is InChI=1S/C21H28N2O3/c1-21(2,3)16-7-9-17(10-8-16)23-20(24)22-13-12-15-6-11-18(25-4)19(14-15)26-5/h6-11,14H,12-13H2,1-5H3,(H2,22,23,24). The van der Waals surface area contributed by atoms with Crippen molar-refractivity contribution in [3.63, 3.8) is 0 Å². The van der Waals surface area contributed by atoms with Crippen LogP contribution in [0, 0.1) is 0 Å². The van der Waals surface area contributed by atoms with Crippen LogP contribution in [0.15, 0.2) is 42.5 Å². The number of anilines is 1. The number of rotatable bonds is 6. The van der Waals surface area contributed by atoms with Crippen LogP contribution in [0.5, 0.6) is 11.5 Å². The Hall–Kier alpha value is -2.69. The molecule has 0 radical (unpaired) electrons. The number of hydrogen-bond donors (Lipinski definition) is 2. The molecule has 2 N–H and O–H groups in total. The summed E-state index contributed by atoms with van der Waals surface area (Å²) < 4.78 is 10.5. The third-order valence-corrected chi connectivity index (χ3v) is 4.16. The molecule has 0 bridgehead atoms. The summed E-state index contributed by atoms with van der Waals surface area (Å²) in [7, 11) is 3.22. The van der Waals surface area contributed by atoms with Crippen LogP contribution in [-0.2, 0) is 11.8 Å². The van der Waals surface area contributed by atoms with Gasteiger partial charge in [0.15, 0.2) is 11.5 Å². The van der Waals surface area contributed by atoms with Crippen molar-refractivity contribution in [2.45, 2.75) is 32.6 Å². The van der Waals surface area contributed by atoms with E-state index < -0.39 is 0 Å². The molecule has 2 rings (SSSR count). The number of hydrogen-bond acceptors (Lipinski definition) is 3. The zero-order valence-corrected chi connectivity index (χ0v) is 16.2. The van der Waals surface area contributed by atoms with Gasteiger partial charge >= 0.3 is 6.03 Å². The lowest BCUT2D eigenvalue weighted by Crippen LogP contribution is -2.30. The van der Waals surface area contributed by atoms with Gasteiger partial charge in [-0.2, -0.15) is 0 Å². The van der Waals surface area contributed by atoms with Crippen LogP contribution in [0.1, 0.15) is 31.9 Å². The van der Waals surface area contributed by atoms with E-state index in [-0.39, 0.29) is 11.4 Å². The Morgan fingerprint density at radius 1 is 0.962 bits per heavy atom. The van der Waals surface area contributed by atoms with Crippen molar-refractivity contribution in [1.82, 2.24) is 5.32 Å². The molecular formula is C21H28N2O3. The summed E-state index contributed by atoms with van der Waals surface area (Å²) in [5.41, 5.74) is 3.18. The lowest BCUT2D eigenvalue weighted by atomic mass is 9.87. The van der Waals surface area contributed by atoms with E-state index in [9.17, 15) is 4.79 Å². The minimum absolute atomic E-state index is 0.0974. The summed E-state index contributed by atoms with van der Waals surface area (Å²) in [4.78, 5) is 12.0. The summed E-state index contributed by atoms with van der Waals surface area (Å²) in [5.74, 6) is 1.38. The van der Waals surface area contributed by atoms with Crippen molar-refractivity contribution in [2.75, 3.05) is 26.1 Å². The average molecular weight is 356 g/mol. The van der Waals surface area contributed by atoms with Crippen LogP contribution < -0.4 is 20.1 Å². The third-order valence-electron chi connectivity index (χ3n) is 4.16. The first-order valence-corrected chi connectivity index (χ1v) is 8.70. The maximum atomic E-state index is 12.0. The molecule has 0 heterocycles. The molecule has 0 aliphatic carbocycles. The molecule has 0 unspecified atom stereocenters. The van der Waals surface area contributed by atoms with Crippen LogP contribution in [-0.4, -0.2) is 26.8 Å². The third kappa shape index (κ3) is 5.41. The van der Waals surface area contributed by atoms with Crippen molar-refractivity contribution < 1.29 is 14.3 Å². The van der Waals surface area contributed by atoms with Gasteiger partial charge in [-0.3, -0.25) is 0 Å². The van der Waals surface area contributed by atoms with Gasteiger partial charge in [-0.05, 0) is 47.2 Å². The molecule has 0 aliphatic rings. The molecule has 0 aliphatic heterocycles. The fourth-order valence-electron chi connectivity index (χ4n) is 2.59. The highest BCUT2D eigenvalue weighted by atomic mass is 16.5. The number of methoxy groups -OCH3 is 2. The van der Waals surface area contributed by atoms with Gasteiger partial charge in [0.2, 0.25) is 0 Å². The van der Waals surface area contributed by atoms with Crippen LogP contribution in [0.3, 0.4) is 0 Å². The molecule has 0 spiro atoms. The van der Waals surface area contributed by atoms with E-state index in [0.717, 1.165) is 11.3 Å². The average Bonchev–Trinajstić information content (AvgIpc) is 2.61. The summed E-state index contributed by atoms with van der Waals surface area (Å²) in [6, 6.07) is 13.5. The predicted octanol–water partition coefficient (Wildman–Crippen LogP) is 4.37. The van der Waals surface area contributed by atoms with Gasteiger partial charge < -0.3 is 20.1 Å². The lowest BCUT2D eigenvalue weighted by Gasteiger charge is -2.19. The topological polar surface area (TPSA) is 59.6 Å². The first-order valence-electron chi connectivity index (χ1n) is 8.70. The zero-order chi connectivity index (χ0) is 19.2. The van der Waals surface area contributed by atoms with Gasteiger partial charge in [-0.1, -0.05) is 39.0 Å². The van der Waals surface area contributed by atoms with Gasteiger partial charge in [-0.15, -0.1) is 0 Å². The fourth-order valence-corrected chi connectivity index (χ4v) is 2.59. The monoisotopic (exact) mass is 356 g/mol. The first-order chi connectivity index (χ1) is 12.3. The fraction of sp³-hybridized carbons (Fsp3) is 0.381. The zero-order valence-electron chi connectivity index (χ0n) is 16.2. The Balaban J connectivity index is 1.84. The first kappa shape index (κ1) is 19.6. The molecule has 0 atom stereocenters. The summed E-state index contributed by atoms with van der Waals surface area (Å²) >= 11 is 0. The molecule has 0 saturated heterocycles. The predicted molar refractivity (Wildman–Crippen MR) is 105 cm³/mol. The summed E-state index contributed by atoms with van der Waals surface area (Å²) in [6.07, 6.45) is 0.705. The second-order valence-corrected chi connectivity index (χ2v) is 7.15. The Kier molecular flexibility index (Phi) is 6.50. The molecule has 2 aromatic carbocycles. The molecule has 2 amide bonds. The second kappa shape index (κ2) is 8.61. The number of urea groups is 1. The van der Waals surface area contributed by atoms with Crippen molar-refractivity contribution in [1.29, 1.82) is 0 Å². The van der Waals surface area contributed by atoms with Gasteiger partial charge in [0, 0.05) is 12.2 Å². The number of benzene rings is 2. The van der Waals surface area contributed by atoms with Crippen LogP contribution in [0.25, 0.3) is 0 Å². The highest BCUT2D eigenvalue weighted by Gasteiger charge is 2.13. The molecule has 0 saturated carbocycles. The maximum absolute atomic E-state index is 12.0. The minimum atomic E-state index is -0.214. The van der Waals surface area contributed by atoms with Gasteiger partial charge in [-0.25, -0.2) is 4.79 Å². The Morgan fingerprint density at radius 3 is 2.19 bits per heavy atom. The van der Waals surface area contributed by atoms with E-state index in [1.165, 1.54) is 5.56 Å². The Labute approximate surface area is 155 Å². The molecule has 0 aromatic heterocycles. The SMILES string of the molecule is COc1ccc(CCNC(=O)Nc2ccc(C(C)(C)C)cc2)cc1OC. The molecule has 140 valence electrons. The van der Waals surface area contributed by atoms with Gasteiger partial charge in [0.1, 0.15) is 0 Å². The van der Waals surface area contributed by atoms with Crippen LogP contribution >= 0.6 is 0 Å². The molecule has 2 aromatic rings. The van der Waals surface area contributed by atoms with Gasteiger partial charge in [0.25, 0.3) is 0 Å². The summed E-state index contributed by atoms with van der Waals surface area (Å²) in [5, 5.41) is 5.72. The quantitative estimate of drug-likeness (QED) is 0.808. The molecule has 5 heteroatoms. The van der Waals surface area contributed by atoms with Gasteiger partial charge in [0.05, 0.1) is 14.2 Å². The van der Waals surface area contributed by atoms with E-state index in [0.29, 0.717) is 24.5 Å². The smallest absolute Gasteiger partial charge is 0.319 e. The number of carbonyl (C=O) groups is 1. The highest BCUT2D eigenvalue weighted by Crippen LogP contribution is 2.27. The minimum Gasteiger partial charge on any atom is -0.493 e. The van der Waals surface area contributed by atoms with Crippen molar-refractivity contribution in [3.05, 3.63) is 53.6 Å². The molecule has 0 fully saturated rings. The van der Waals surface area contributed by atoms with E-state index >= 15 is 0 Å². The normalized spacial score (nSPS) is 11.0. The molecule has 5 nitrogen and oxygen atoms in total. The largest absolute Gasteiger partial charge is 0.493 e. The highest BCUT2D eigenvalue weighted by molar-refractivity contribution is 5.89. The van der Waals surface area contributed by atoms with Crippen molar-refractivity contribution in [2.24, 2.45) is 0 Å². The number of amides is 2. The number of nitrogens with one attached hydrogen (secondary N) is 2.